The number of nitriles is 1. The average molecular weight is 205 g/mol. The van der Waals surface area contributed by atoms with Crippen molar-refractivity contribution in [2.75, 3.05) is 6.61 Å². The van der Waals surface area contributed by atoms with E-state index in [1.54, 1.807) is 13.0 Å². The van der Waals surface area contributed by atoms with Gasteiger partial charge in [-0.1, -0.05) is 13.8 Å². The summed E-state index contributed by atoms with van der Waals surface area (Å²) in [5.74, 6) is 1.11. The number of nitrogens with zero attached hydrogens (tertiary/aromatic N) is 1. The van der Waals surface area contributed by atoms with Crippen molar-refractivity contribution in [3.05, 3.63) is 23.3 Å². The Labute approximate surface area is 89.9 Å². The van der Waals surface area contributed by atoms with Crippen LogP contribution in [0, 0.1) is 24.2 Å². The fraction of sp³-hybridized carbons (Fsp3) is 0.417. The molecule has 1 N–H and O–H groups in total. The molecule has 0 spiro atoms. The molecular formula is C12H15NO2. The Kier molecular flexibility index (Phi) is 3.56. The van der Waals surface area contributed by atoms with Gasteiger partial charge in [-0.25, -0.2) is 0 Å². The Morgan fingerprint density at radius 3 is 2.67 bits per heavy atom. The highest BCUT2D eigenvalue weighted by Crippen LogP contribution is 2.28. The van der Waals surface area contributed by atoms with Crippen LogP contribution in [-0.2, 0) is 0 Å². The zero-order chi connectivity index (χ0) is 11.4. The first kappa shape index (κ1) is 11.4. The van der Waals surface area contributed by atoms with E-state index in [1.807, 2.05) is 6.07 Å². The van der Waals surface area contributed by atoms with Gasteiger partial charge in [0.25, 0.3) is 0 Å². The first-order valence-electron chi connectivity index (χ1n) is 4.91. The summed E-state index contributed by atoms with van der Waals surface area (Å²) in [6, 6.07) is 5.14. The Hall–Kier alpha value is -1.69. The minimum Gasteiger partial charge on any atom is -0.507 e. The average Bonchev–Trinajstić information content (AvgIpc) is 2.17. The molecule has 0 unspecified atom stereocenters. The lowest BCUT2D eigenvalue weighted by Crippen LogP contribution is -2.05. The maximum Gasteiger partial charge on any atom is 0.133 e. The third-order valence-corrected chi connectivity index (χ3v) is 2.08. The molecule has 1 aromatic rings. The van der Waals surface area contributed by atoms with Crippen LogP contribution in [0.1, 0.15) is 25.0 Å². The summed E-state index contributed by atoms with van der Waals surface area (Å²) in [5.41, 5.74) is 0.981. The molecule has 3 heteroatoms. The Bertz CT molecular complexity index is 391. The van der Waals surface area contributed by atoms with Crippen LogP contribution in [-0.4, -0.2) is 11.7 Å². The Balaban J connectivity index is 2.96. The van der Waals surface area contributed by atoms with Gasteiger partial charge in [-0.15, -0.1) is 0 Å². The summed E-state index contributed by atoms with van der Waals surface area (Å²) in [6.07, 6.45) is 0. The van der Waals surface area contributed by atoms with Gasteiger partial charge in [0.05, 0.1) is 6.61 Å². The zero-order valence-electron chi connectivity index (χ0n) is 9.24. The molecule has 0 aliphatic rings. The first-order valence-corrected chi connectivity index (χ1v) is 4.91. The largest absolute Gasteiger partial charge is 0.507 e. The molecule has 1 aromatic carbocycles. The summed E-state index contributed by atoms with van der Waals surface area (Å²) in [6.45, 7) is 6.49. The molecule has 0 fully saturated rings. The number of phenolic OH excluding ortho intramolecular Hbond substituents is 1. The number of rotatable bonds is 3. The highest BCUT2D eigenvalue weighted by molar-refractivity contribution is 5.53. The summed E-state index contributed by atoms with van der Waals surface area (Å²) >= 11 is 0. The second-order valence-corrected chi connectivity index (χ2v) is 3.90. The van der Waals surface area contributed by atoms with Gasteiger partial charge in [0.15, 0.2) is 0 Å². The van der Waals surface area contributed by atoms with E-state index in [0.29, 0.717) is 23.8 Å². The Morgan fingerprint density at radius 2 is 2.13 bits per heavy atom. The maximum atomic E-state index is 9.42. The number of hydrogen-bond acceptors (Lipinski definition) is 3. The first-order chi connectivity index (χ1) is 7.06. The van der Waals surface area contributed by atoms with Crippen molar-refractivity contribution in [2.24, 2.45) is 5.92 Å². The standard InChI is InChI=1S/C12H15NO2/c1-8(2)7-15-12-5-4-11(14)10(6-13)9(12)3/h4-5,8,14H,7H2,1-3H3. The normalized spacial score (nSPS) is 10.1. The predicted octanol–water partition coefficient (Wildman–Crippen LogP) is 2.61. The van der Waals surface area contributed by atoms with Crippen LogP contribution in [0.15, 0.2) is 12.1 Å². The maximum absolute atomic E-state index is 9.42. The minimum atomic E-state index is 0.00639. The van der Waals surface area contributed by atoms with Crippen LogP contribution in [0.4, 0.5) is 0 Å². The number of aromatic hydroxyl groups is 1. The molecule has 0 saturated carbocycles. The van der Waals surface area contributed by atoms with E-state index in [9.17, 15) is 5.11 Å². The fourth-order valence-electron chi connectivity index (χ4n) is 1.23. The van der Waals surface area contributed by atoms with Gasteiger partial charge in [0, 0.05) is 5.56 Å². The summed E-state index contributed by atoms with van der Waals surface area (Å²) in [7, 11) is 0. The molecule has 0 aliphatic heterocycles. The minimum absolute atomic E-state index is 0.00639. The molecule has 0 amide bonds. The SMILES string of the molecule is Cc1c(OCC(C)C)ccc(O)c1C#N. The van der Waals surface area contributed by atoms with Gasteiger partial charge < -0.3 is 9.84 Å². The van der Waals surface area contributed by atoms with Crippen molar-refractivity contribution >= 4 is 0 Å². The molecular weight excluding hydrogens is 190 g/mol. The highest BCUT2D eigenvalue weighted by atomic mass is 16.5. The molecule has 0 aromatic heterocycles. The molecule has 15 heavy (non-hydrogen) atoms. The topological polar surface area (TPSA) is 53.2 Å². The number of hydrogen-bond donors (Lipinski definition) is 1. The van der Waals surface area contributed by atoms with Crippen LogP contribution in [0.2, 0.25) is 0 Å². The molecule has 1 rings (SSSR count). The van der Waals surface area contributed by atoms with Crippen molar-refractivity contribution in [1.29, 1.82) is 5.26 Å². The Morgan fingerprint density at radius 1 is 1.47 bits per heavy atom. The van der Waals surface area contributed by atoms with E-state index in [2.05, 4.69) is 13.8 Å². The van der Waals surface area contributed by atoms with Crippen LogP contribution < -0.4 is 4.74 Å². The van der Waals surface area contributed by atoms with Crippen LogP contribution in [0.3, 0.4) is 0 Å². The van der Waals surface area contributed by atoms with Crippen molar-refractivity contribution in [3.63, 3.8) is 0 Å². The van der Waals surface area contributed by atoms with Gasteiger partial charge >= 0.3 is 0 Å². The van der Waals surface area contributed by atoms with Crippen molar-refractivity contribution < 1.29 is 9.84 Å². The van der Waals surface area contributed by atoms with Crippen LogP contribution >= 0.6 is 0 Å². The number of ether oxygens (including phenoxy) is 1. The van der Waals surface area contributed by atoms with Gasteiger partial charge in [-0.05, 0) is 25.0 Å². The molecule has 3 nitrogen and oxygen atoms in total. The van der Waals surface area contributed by atoms with E-state index in [4.69, 9.17) is 10.00 Å². The number of phenols is 1. The molecule has 0 aliphatic carbocycles. The highest BCUT2D eigenvalue weighted by Gasteiger charge is 2.10. The smallest absolute Gasteiger partial charge is 0.133 e. The summed E-state index contributed by atoms with van der Waals surface area (Å²) < 4.78 is 5.53. The predicted molar refractivity (Wildman–Crippen MR) is 57.9 cm³/mol. The van der Waals surface area contributed by atoms with E-state index in [1.165, 1.54) is 6.07 Å². The lowest BCUT2D eigenvalue weighted by Gasteiger charge is -2.12. The van der Waals surface area contributed by atoms with Crippen LogP contribution in [0.25, 0.3) is 0 Å². The number of benzene rings is 1. The van der Waals surface area contributed by atoms with E-state index < -0.39 is 0 Å². The lowest BCUT2D eigenvalue weighted by atomic mass is 10.1. The zero-order valence-corrected chi connectivity index (χ0v) is 9.24. The van der Waals surface area contributed by atoms with E-state index in [0.717, 1.165) is 0 Å². The molecule has 0 heterocycles. The molecule has 0 bridgehead atoms. The summed E-state index contributed by atoms with van der Waals surface area (Å²) in [4.78, 5) is 0. The molecule has 0 saturated heterocycles. The summed E-state index contributed by atoms with van der Waals surface area (Å²) in [5, 5.41) is 18.3. The monoisotopic (exact) mass is 205 g/mol. The van der Waals surface area contributed by atoms with Crippen molar-refractivity contribution in [1.82, 2.24) is 0 Å². The third kappa shape index (κ3) is 2.63. The van der Waals surface area contributed by atoms with Crippen LogP contribution in [0.5, 0.6) is 11.5 Å². The van der Waals surface area contributed by atoms with Crippen molar-refractivity contribution in [3.8, 4) is 17.6 Å². The lowest BCUT2D eigenvalue weighted by molar-refractivity contribution is 0.269. The molecule has 0 radical (unpaired) electrons. The molecule has 0 atom stereocenters. The second kappa shape index (κ2) is 4.70. The van der Waals surface area contributed by atoms with Gasteiger partial charge in [0.1, 0.15) is 23.1 Å². The van der Waals surface area contributed by atoms with Gasteiger partial charge in [-0.2, -0.15) is 5.26 Å². The van der Waals surface area contributed by atoms with E-state index >= 15 is 0 Å². The second-order valence-electron chi connectivity index (χ2n) is 3.90. The third-order valence-electron chi connectivity index (χ3n) is 2.08. The quantitative estimate of drug-likeness (QED) is 0.825. The van der Waals surface area contributed by atoms with Crippen molar-refractivity contribution in [2.45, 2.75) is 20.8 Å². The van der Waals surface area contributed by atoms with Gasteiger partial charge in [0.2, 0.25) is 0 Å². The fourth-order valence-corrected chi connectivity index (χ4v) is 1.23. The van der Waals surface area contributed by atoms with E-state index in [-0.39, 0.29) is 11.3 Å². The molecule has 80 valence electrons. The van der Waals surface area contributed by atoms with Gasteiger partial charge in [-0.3, -0.25) is 0 Å².